The molecule has 1 aromatic heterocycles. The number of rotatable bonds is 7. The number of benzene rings is 3. The normalized spacial score (nSPS) is 17.0. The smallest absolute Gasteiger partial charge is 0.141 e. The highest BCUT2D eigenvalue weighted by molar-refractivity contribution is 6.31. The van der Waals surface area contributed by atoms with Crippen LogP contribution < -0.4 is 0 Å². The fourth-order valence-electron chi connectivity index (χ4n) is 6.36. The van der Waals surface area contributed by atoms with Gasteiger partial charge in [-0.05, 0) is 78.3 Å². The molecule has 0 spiro atoms. The largest absolute Gasteiger partial charge is 0.321 e. The van der Waals surface area contributed by atoms with Gasteiger partial charge in [-0.2, -0.15) is 0 Å². The Morgan fingerprint density at radius 1 is 0.878 bits per heavy atom. The van der Waals surface area contributed by atoms with Crippen molar-refractivity contribution in [1.82, 2.24) is 9.55 Å². The lowest BCUT2D eigenvalue weighted by Gasteiger charge is -2.21. The highest BCUT2D eigenvalue weighted by Crippen LogP contribution is 2.37. The Hall–Kier alpha value is -3.33. The van der Waals surface area contributed by atoms with Gasteiger partial charge >= 0.3 is 0 Å². The van der Waals surface area contributed by atoms with Crippen LogP contribution in [0, 0.1) is 0 Å². The van der Waals surface area contributed by atoms with Crippen molar-refractivity contribution in [3.05, 3.63) is 130 Å². The minimum Gasteiger partial charge on any atom is -0.321 e. The Bertz CT molecular complexity index is 1610. The van der Waals surface area contributed by atoms with Crippen LogP contribution in [0.3, 0.4) is 0 Å². The first-order chi connectivity index (χ1) is 20.1. The topological polar surface area (TPSA) is 17.8 Å². The fourth-order valence-corrected chi connectivity index (χ4v) is 6.64. The van der Waals surface area contributed by atoms with E-state index in [4.69, 9.17) is 28.2 Å². The summed E-state index contributed by atoms with van der Waals surface area (Å²) in [6.07, 6.45) is 19.8. The zero-order valence-electron chi connectivity index (χ0n) is 23.4. The maximum Gasteiger partial charge on any atom is 0.141 e. The SMILES string of the molecule is C=Cc1ccc2c(c1)nc(-c1ccc(CC(C3=CCC=C(Cl)C=C3)c3ccc(Cl)cc3)cc1)n2C1CCCCCC1. The Morgan fingerprint density at radius 2 is 1.63 bits per heavy atom. The van der Waals surface area contributed by atoms with E-state index in [-0.39, 0.29) is 5.92 Å². The summed E-state index contributed by atoms with van der Waals surface area (Å²) >= 11 is 12.6. The molecule has 1 unspecified atom stereocenters. The molecule has 1 atom stereocenters. The van der Waals surface area contributed by atoms with Crippen LogP contribution in [0.1, 0.15) is 73.6 Å². The minimum absolute atomic E-state index is 0.207. The van der Waals surface area contributed by atoms with Gasteiger partial charge in [0.05, 0.1) is 11.0 Å². The van der Waals surface area contributed by atoms with Crippen LogP contribution in [0.4, 0.5) is 0 Å². The van der Waals surface area contributed by atoms with Gasteiger partial charge in [0.25, 0.3) is 0 Å². The van der Waals surface area contributed by atoms with E-state index < -0.39 is 0 Å². The van der Waals surface area contributed by atoms with Crippen molar-refractivity contribution < 1.29 is 0 Å². The summed E-state index contributed by atoms with van der Waals surface area (Å²) in [6.45, 7) is 3.97. The van der Waals surface area contributed by atoms with E-state index in [1.54, 1.807) is 0 Å². The maximum atomic E-state index is 6.33. The van der Waals surface area contributed by atoms with Gasteiger partial charge in [-0.15, -0.1) is 0 Å². The first-order valence-electron chi connectivity index (χ1n) is 14.8. The van der Waals surface area contributed by atoms with Crippen molar-refractivity contribution in [3.63, 3.8) is 0 Å². The van der Waals surface area contributed by atoms with Crippen LogP contribution in [0.2, 0.25) is 5.02 Å². The van der Waals surface area contributed by atoms with Crippen LogP contribution in [0.25, 0.3) is 28.5 Å². The quantitative estimate of drug-likeness (QED) is 0.199. The van der Waals surface area contributed by atoms with Gasteiger partial charge in [0.1, 0.15) is 5.82 Å². The molecule has 4 aromatic rings. The third-order valence-corrected chi connectivity index (χ3v) is 9.10. The maximum absolute atomic E-state index is 6.33. The third-order valence-electron chi connectivity index (χ3n) is 8.57. The molecule has 4 heteroatoms. The van der Waals surface area contributed by atoms with Crippen molar-refractivity contribution in [2.45, 2.75) is 63.3 Å². The summed E-state index contributed by atoms with van der Waals surface area (Å²) in [6, 6.07) is 24.3. The van der Waals surface area contributed by atoms with Crippen molar-refractivity contribution in [1.29, 1.82) is 0 Å². The van der Waals surface area contributed by atoms with E-state index in [0.29, 0.717) is 6.04 Å². The van der Waals surface area contributed by atoms with Crippen LogP contribution in [0.15, 0.2) is 108 Å². The molecule has 0 N–H and O–H groups in total. The molecular weight excluding hydrogens is 543 g/mol. The number of allylic oxidation sites excluding steroid dienone is 6. The van der Waals surface area contributed by atoms with Gasteiger partial charge in [-0.3, -0.25) is 0 Å². The zero-order valence-corrected chi connectivity index (χ0v) is 24.9. The second-order valence-electron chi connectivity index (χ2n) is 11.3. The number of imidazole rings is 1. The van der Waals surface area contributed by atoms with Gasteiger partial charge in [-0.1, -0.05) is 122 Å². The van der Waals surface area contributed by atoms with E-state index >= 15 is 0 Å². The summed E-state index contributed by atoms with van der Waals surface area (Å²) < 4.78 is 2.52. The molecular formula is C37H36Cl2N2. The first kappa shape index (κ1) is 27.8. The highest BCUT2D eigenvalue weighted by atomic mass is 35.5. The molecule has 0 saturated heterocycles. The Balaban J connectivity index is 1.35. The Labute approximate surface area is 253 Å². The lowest BCUT2D eigenvalue weighted by atomic mass is 9.85. The van der Waals surface area contributed by atoms with Crippen LogP contribution in [-0.2, 0) is 6.42 Å². The Kier molecular flexibility index (Phi) is 8.60. The van der Waals surface area contributed by atoms with Gasteiger partial charge in [0.15, 0.2) is 0 Å². The van der Waals surface area contributed by atoms with E-state index in [1.807, 2.05) is 24.3 Å². The van der Waals surface area contributed by atoms with E-state index in [9.17, 15) is 0 Å². The van der Waals surface area contributed by atoms with Crippen LogP contribution in [-0.4, -0.2) is 9.55 Å². The molecule has 6 rings (SSSR count). The van der Waals surface area contributed by atoms with Gasteiger partial charge < -0.3 is 4.57 Å². The zero-order chi connectivity index (χ0) is 28.2. The number of hydrogen-bond acceptors (Lipinski definition) is 1. The average molecular weight is 580 g/mol. The average Bonchev–Trinajstić information content (AvgIpc) is 3.14. The number of hydrogen-bond donors (Lipinski definition) is 0. The summed E-state index contributed by atoms with van der Waals surface area (Å²) in [7, 11) is 0. The molecule has 0 amide bonds. The Morgan fingerprint density at radius 3 is 2.37 bits per heavy atom. The molecule has 2 nitrogen and oxygen atoms in total. The molecule has 208 valence electrons. The monoisotopic (exact) mass is 578 g/mol. The molecule has 2 aliphatic rings. The second-order valence-corrected chi connectivity index (χ2v) is 12.1. The summed E-state index contributed by atoms with van der Waals surface area (Å²) in [5, 5.41) is 1.54. The second kappa shape index (κ2) is 12.7. The van der Waals surface area contributed by atoms with Gasteiger partial charge in [0, 0.05) is 27.6 Å². The molecule has 41 heavy (non-hydrogen) atoms. The molecule has 0 aliphatic heterocycles. The molecule has 2 aliphatic carbocycles. The van der Waals surface area contributed by atoms with E-state index in [1.165, 1.54) is 66.3 Å². The van der Waals surface area contributed by atoms with E-state index in [0.717, 1.165) is 39.8 Å². The van der Waals surface area contributed by atoms with Crippen LogP contribution >= 0.6 is 23.2 Å². The molecule has 1 saturated carbocycles. The van der Waals surface area contributed by atoms with E-state index in [2.05, 4.69) is 84.0 Å². The van der Waals surface area contributed by atoms with Crippen molar-refractivity contribution in [3.8, 4) is 11.4 Å². The lowest BCUT2D eigenvalue weighted by Crippen LogP contribution is -2.10. The highest BCUT2D eigenvalue weighted by Gasteiger charge is 2.22. The summed E-state index contributed by atoms with van der Waals surface area (Å²) in [5.74, 6) is 1.28. The minimum atomic E-state index is 0.207. The molecule has 0 bridgehead atoms. The van der Waals surface area contributed by atoms with Crippen molar-refractivity contribution in [2.24, 2.45) is 0 Å². The number of aromatic nitrogens is 2. The molecule has 0 radical (unpaired) electrons. The lowest BCUT2D eigenvalue weighted by molar-refractivity contribution is 0.458. The predicted octanol–water partition coefficient (Wildman–Crippen LogP) is 11.2. The standard InChI is InChI=1S/C37H36Cl2N2/c1-2-26-14-23-36-35(25-26)40-37(41(36)33-10-5-3-4-6-11-33)30-15-12-27(13-16-30)24-34(29-18-21-32(39)22-19-29)28-8-7-9-31(38)20-17-28/h2,8-9,12-23,25,33-34H,1,3-7,10-11,24H2. The summed E-state index contributed by atoms with van der Waals surface area (Å²) in [4.78, 5) is 5.20. The number of halogens is 2. The molecule has 1 heterocycles. The predicted molar refractivity (Wildman–Crippen MR) is 176 cm³/mol. The third kappa shape index (κ3) is 6.30. The van der Waals surface area contributed by atoms with Crippen molar-refractivity contribution >= 4 is 40.3 Å². The molecule has 3 aromatic carbocycles. The van der Waals surface area contributed by atoms with Crippen LogP contribution in [0.5, 0.6) is 0 Å². The van der Waals surface area contributed by atoms with Gasteiger partial charge in [0.2, 0.25) is 0 Å². The van der Waals surface area contributed by atoms with Gasteiger partial charge in [-0.25, -0.2) is 4.98 Å². The molecule has 1 fully saturated rings. The first-order valence-corrected chi connectivity index (χ1v) is 15.6. The summed E-state index contributed by atoms with van der Waals surface area (Å²) in [5.41, 5.74) is 8.37. The number of fused-ring (bicyclic) bond motifs is 1. The number of nitrogens with zero attached hydrogens (tertiary/aromatic N) is 2. The van der Waals surface area contributed by atoms with Crippen molar-refractivity contribution in [2.75, 3.05) is 0 Å². The fraction of sp³-hybridized carbons (Fsp3) is 0.270.